The lowest BCUT2D eigenvalue weighted by Gasteiger charge is -2.18. The highest BCUT2D eigenvalue weighted by Gasteiger charge is 2.19. The fourth-order valence-electron chi connectivity index (χ4n) is 5.93. The summed E-state index contributed by atoms with van der Waals surface area (Å²) in [7, 11) is 0. The Morgan fingerprint density at radius 1 is 0.400 bits per heavy atom. The van der Waals surface area contributed by atoms with Crippen molar-refractivity contribution >= 4 is 17.9 Å². The van der Waals surface area contributed by atoms with Gasteiger partial charge in [-0.05, 0) is 70.6 Å². The van der Waals surface area contributed by atoms with Gasteiger partial charge in [-0.3, -0.25) is 14.4 Å². The van der Waals surface area contributed by atoms with Crippen LogP contribution in [0.15, 0.2) is 72.9 Å². The Labute approximate surface area is 338 Å². The van der Waals surface area contributed by atoms with Gasteiger partial charge in [0.05, 0.1) is 0 Å². The standard InChI is InChI=1S/C49H82O6/c1-4-7-10-13-16-19-22-24-26-27-30-33-36-39-42-48(51)54-45-46(44-53-47(50)41-38-35-32-29-21-18-15-12-9-6-3)55-49(52)43-40-37-34-31-28-25-23-20-17-14-11-8-5-2/h7-8,10-11,14,16-17,19-20,23-24,26,46H,4-6,9,12-13,15,18,21-22,25,27-45H2,1-3H3/b10-7-,11-8-,17-14-,19-16-,23-20-,26-24-. The van der Waals surface area contributed by atoms with Gasteiger partial charge in [0.2, 0.25) is 0 Å². The first-order valence-electron chi connectivity index (χ1n) is 22.5. The van der Waals surface area contributed by atoms with Crippen LogP contribution in [0.3, 0.4) is 0 Å². The topological polar surface area (TPSA) is 78.9 Å². The van der Waals surface area contributed by atoms with Crippen LogP contribution < -0.4 is 0 Å². The molecular weight excluding hydrogens is 685 g/mol. The van der Waals surface area contributed by atoms with Gasteiger partial charge in [-0.2, -0.15) is 0 Å². The minimum Gasteiger partial charge on any atom is -0.462 e. The number of hydrogen-bond donors (Lipinski definition) is 0. The minimum atomic E-state index is -0.791. The first-order chi connectivity index (χ1) is 27.0. The highest BCUT2D eigenvalue weighted by atomic mass is 16.6. The van der Waals surface area contributed by atoms with Crippen LogP contribution in [0.4, 0.5) is 0 Å². The molecule has 0 aromatic rings. The average molecular weight is 767 g/mol. The summed E-state index contributed by atoms with van der Waals surface area (Å²) in [6.45, 7) is 6.32. The van der Waals surface area contributed by atoms with Crippen molar-refractivity contribution in [2.24, 2.45) is 0 Å². The molecule has 0 radical (unpaired) electrons. The van der Waals surface area contributed by atoms with Crippen LogP contribution in [0.1, 0.15) is 201 Å². The van der Waals surface area contributed by atoms with Crippen molar-refractivity contribution in [3.8, 4) is 0 Å². The molecule has 0 aromatic heterocycles. The molecule has 55 heavy (non-hydrogen) atoms. The number of hydrogen-bond acceptors (Lipinski definition) is 6. The zero-order valence-electron chi connectivity index (χ0n) is 35.7. The predicted molar refractivity (Wildman–Crippen MR) is 233 cm³/mol. The van der Waals surface area contributed by atoms with Crippen LogP contribution in [0.2, 0.25) is 0 Å². The molecule has 1 atom stereocenters. The lowest BCUT2D eigenvalue weighted by Crippen LogP contribution is -2.30. The van der Waals surface area contributed by atoms with Gasteiger partial charge < -0.3 is 14.2 Å². The molecular formula is C49H82O6. The second-order valence-corrected chi connectivity index (χ2v) is 14.6. The average Bonchev–Trinajstić information content (AvgIpc) is 3.18. The molecule has 0 aliphatic heterocycles. The zero-order chi connectivity index (χ0) is 40.1. The number of unbranched alkanes of at least 4 members (excludes halogenated alkanes) is 18. The largest absolute Gasteiger partial charge is 0.462 e. The van der Waals surface area contributed by atoms with E-state index in [1.807, 2.05) is 0 Å². The van der Waals surface area contributed by atoms with Crippen LogP contribution in [0.25, 0.3) is 0 Å². The summed E-state index contributed by atoms with van der Waals surface area (Å²) in [4.78, 5) is 37.7. The smallest absolute Gasteiger partial charge is 0.306 e. The Morgan fingerprint density at radius 3 is 1.31 bits per heavy atom. The summed E-state index contributed by atoms with van der Waals surface area (Å²) >= 11 is 0. The van der Waals surface area contributed by atoms with Gasteiger partial charge in [0, 0.05) is 19.3 Å². The van der Waals surface area contributed by atoms with Crippen LogP contribution in [0, 0.1) is 0 Å². The normalized spacial score (nSPS) is 12.7. The third-order valence-corrected chi connectivity index (χ3v) is 9.27. The number of esters is 3. The summed E-state index contributed by atoms with van der Waals surface area (Å²) in [6.07, 6.45) is 53.1. The number of rotatable bonds is 39. The van der Waals surface area contributed by atoms with E-state index in [1.54, 1.807) is 0 Å². The third kappa shape index (κ3) is 41.8. The molecule has 6 heteroatoms. The molecule has 0 amide bonds. The van der Waals surface area contributed by atoms with Crippen molar-refractivity contribution in [3.63, 3.8) is 0 Å². The van der Waals surface area contributed by atoms with E-state index in [2.05, 4.69) is 93.7 Å². The van der Waals surface area contributed by atoms with Gasteiger partial charge in [-0.25, -0.2) is 0 Å². The molecule has 0 aliphatic carbocycles. The highest BCUT2D eigenvalue weighted by molar-refractivity contribution is 5.71. The Kier molecular flexibility index (Phi) is 41.1. The van der Waals surface area contributed by atoms with E-state index in [-0.39, 0.29) is 31.1 Å². The molecule has 0 saturated heterocycles. The van der Waals surface area contributed by atoms with Crippen LogP contribution >= 0.6 is 0 Å². The van der Waals surface area contributed by atoms with Crippen molar-refractivity contribution in [1.82, 2.24) is 0 Å². The van der Waals surface area contributed by atoms with Gasteiger partial charge in [0.25, 0.3) is 0 Å². The second-order valence-electron chi connectivity index (χ2n) is 14.6. The summed E-state index contributed by atoms with van der Waals surface area (Å²) in [6, 6.07) is 0. The molecule has 0 fully saturated rings. The molecule has 0 aromatic carbocycles. The molecule has 0 bridgehead atoms. The predicted octanol–water partition coefficient (Wildman–Crippen LogP) is 14.3. The highest BCUT2D eigenvalue weighted by Crippen LogP contribution is 2.13. The van der Waals surface area contributed by atoms with Crippen molar-refractivity contribution < 1.29 is 28.6 Å². The number of carbonyl (C=O) groups excluding carboxylic acids is 3. The van der Waals surface area contributed by atoms with E-state index < -0.39 is 6.10 Å². The summed E-state index contributed by atoms with van der Waals surface area (Å²) in [5, 5.41) is 0. The molecule has 0 N–H and O–H groups in total. The van der Waals surface area contributed by atoms with Gasteiger partial charge in [-0.15, -0.1) is 0 Å². The van der Waals surface area contributed by atoms with Crippen LogP contribution in [-0.2, 0) is 28.6 Å². The maximum absolute atomic E-state index is 12.7. The fourth-order valence-corrected chi connectivity index (χ4v) is 5.93. The molecule has 0 rings (SSSR count). The Balaban J connectivity index is 4.45. The maximum atomic E-state index is 12.7. The molecule has 0 saturated carbocycles. The SMILES string of the molecule is CC\C=C/C=C\C=C/CCCCCCCC(=O)OC(COC(=O)CCCCCC/C=C\C/C=C\C/C=C\CC)COC(=O)CCCCCCCCCCCC. The van der Waals surface area contributed by atoms with Gasteiger partial charge in [-0.1, -0.05) is 184 Å². The van der Waals surface area contributed by atoms with E-state index in [0.717, 1.165) is 116 Å². The summed E-state index contributed by atoms with van der Waals surface area (Å²) < 4.78 is 16.7. The lowest BCUT2D eigenvalue weighted by atomic mass is 10.1. The fraction of sp³-hybridized carbons (Fsp3) is 0.694. The molecule has 0 heterocycles. The maximum Gasteiger partial charge on any atom is 0.306 e. The van der Waals surface area contributed by atoms with Crippen molar-refractivity contribution in [2.75, 3.05) is 13.2 Å². The Morgan fingerprint density at radius 2 is 0.800 bits per heavy atom. The van der Waals surface area contributed by atoms with Crippen molar-refractivity contribution in [3.05, 3.63) is 72.9 Å². The zero-order valence-corrected chi connectivity index (χ0v) is 35.7. The van der Waals surface area contributed by atoms with E-state index in [1.165, 1.54) is 44.9 Å². The third-order valence-electron chi connectivity index (χ3n) is 9.27. The van der Waals surface area contributed by atoms with E-state index in [0.29, 0.717) is 19.3 Å². The molecule has 314 valence electrons. The Bertz CT molecular complexity index is 1070. The van der Waals surface area contributed by atoms with E-state index >= 15 is 0 Å². The van der Waals surface area contributed by atoms with Crippen molar-refractivity contribution in [1.29, 1.82) is 0 Å². The van der Waals surface area contributed by atoms with Crippen molar-refractivity contribution in [2.45, 2.75) is 207 Å². The number of carbonyl (C=O) groups is 3. The van der Waals surface area contributed by atoms with Crippen LogP contribution in [0.5, 0.6) is 0 Å². The van der Waals surface area contributed by atoms with Gasteiger partial charge in [0.15, 0.2) is 6.10 Å². The molecule has 6 nitrogen and oxygen atoms in total. The van der Waals surface area contributed by atoms with Gasteiger partial charge in [0.1, 0.15) is 13.2 Å². The van der Waals surface area contributed by atoms with E-state index in [4.69, 9.17) is 14.2 Å². The van der Waals surface area contributed by atoms with Crippen LogP contribution in [-0.4, -0.2) is 37.2 Å². The minimum absolute atomic E-state index is 0.0908. The van der Waals surface area contributed by atoms with Gasteiger partial charge >= 0.3 is 17.9 Å². The second kappa shape index (κ2) is 43.6. The quantitative estimate of drug-likeness (QED) is 0.0204. The van der Waals surface area contributed by atoms with E-state index in [9.17, 15) is 14.4 Å². The summed E-state index contributed by atoms with van der Waals surface area (Å²) in [5.41, 5.74) is 0. The molecule has 0 spiro atoms. The first kappa shape index (κ1) is 51.9. The number of allylic oxidation sites excluding steroid dienone is 12. The lowest BCUT2D eigenvalue weighted by molar-refractivity contribution is -0.167. The first-order valence-corrected chi connectivity index (χ1v) is 22.5. The summed E-state index contributed by atoms with van der Waals surface area (Å²) in [5.74, 6) is -0.942. The number of ether oxygens (including phenoxy) is 3. The monoisotopic (exact) mass is 767 g/mol. The molecule has 1 unspecified atom stereocenters. The molecule has 0 aliphatic rings. The Hall–Kier alpha value is -3.15.